The predicted molar refractivity (Wildman–Crippen MR) is 92.5 cm³/mol. The lowest BCUT2D eigenvalue weighted by molar-refractivity contribution is 0.320. The summed E-state index contributed by atoms with van der Waals surface area (Å²) in [5, 5.41) is 0. The van der Waals surface area contributed by atoms with Crippen molar-refractivity contribution in [1.29, 1.82) is 0 Å². The fraction of sp³-hybridized carbons (Fsp3) is 1.00. The molecule has 0 rings (SSSR count). The van der Waals surface area contributed by atoms with Crippen LogP contribution in [0.15, 0.2) is 0 Å². The molecule has 0 aromatic carbocycles. The van der Waals surface area contributed by atoms with E-state index >= 15 is 0 Å². The molecule has 20 heavy (non-hydrogen) atoms. The maximum Gasteiger partial charge on any atom is 0.229 e. The minimum absolute atomic E-state index is 0.726. The van der Waals surface area contributed by atoms with E-state index in [2.05, 4.69) is 13.8 Å². The van der Waals surface area contributed by atoms with E-state index in [1.54, 1.807) is 0 Å². The molecule has 0 bridgehead atoms. The van der Waals surface area contributed by atoms with Gasteiger partial charge in [-0.15, -0.1) is 0 Å². The normalized spacial score (nSPS) is 11.1. The van der Waals surface area contributed by atoms with Crippen molar-refractivity contribution in [2.24, 2.45) is 0 Å². The average molecular weight is 299 g/mol. The van der Waals surface area contributed by atoms with Gasteiger partial charge in [-0.3, -0.25) is 0 Å². The van der Waals surface area contributed by atoms with Crippen LogP contribution in [-0.4, -0.2) is 16.4 Å². The van der Waals surface area contributed by atoms with Crippen molar-refractivity contribution in [2.75, 3.05) is 6.61 Å². The summed E-state index contributed by atoms with van der Waals surface area (Å²) < 4.78 is 5.52. The van der Waals surface area contributed by atoms with Gasteiger partial charge in [0.1, 0.15) is 0 Å². The summed E-state index contributed by atoms with van der Waals surface area (Å²) in [6.07, 6.45) is 20.0. The lowest BCUT2D eigenvalue weighted by Crippen LogP contribution is -1.98. The predicted octanol–water partition coefficient (Wildman–Crippen LogP) is 6.54. The molecule has 0 aromatic rings. The first-order valence-corrected chi connectivity index (χ1v) is 10.4. The van der Waals surface area contributed by atoms with E-state index in [-0.39, 0.29) is 0 Å². The molecule has 0 N–H and O–H groups in total. The van der Waals surface area contributed by atoms with E-state index in [0.29, 0.717) is 0 Å². The maximum absolute atomic E-state index is 5.52. The molecule has 0 spiro atoms. The van der Waals surface area contributed by atoms with Crippen LogP contribution >= 0.6 is 0 Å². The van der Waals surface area contributed by atoms with E-state index < -0.39 is 0 Å². The SMILES string of the molecule is CCCCCCCCCCCCCCCCO[Si]CC. The topological polar surface area (TPSA) is 9.23 Å². The van der Waals surface area contributed by atoms with Gasteiger partial charge in [-0.05, 0) is 12.5 Å². The first-order valence-electron chi connectivity index (χ1n) is 9.26. The Morgan fingerprint density at radius 2 is 0.950 bits per heavy atom. The number of unbranched alkanes of at least 4 members (excludes halogenated alkanes) is 13. The third-order valence-corrected chi connectivity index (χ3v) is 4.54. The molecule has 0 saturated carbocycles. The highest BCUT2D eigenvalue weighted by molar-refractivity contribution is 6.26. The Balaban J connectivity index is 2.89. The molecule has 1 nitrogen and oxygen atoms in total. The van der Waals surface area contributed by atoms with Crippen LogP contribution in [0, 0.1) is 0 Å². The number of rotatable bonds is 17. The molecule has 0 aliphatic rings. The van der Waals surface area contributed by atoms with Gasteiger partial charge in [0, 0.05) is 6.61 Å². The van der Waals surface area contributed by atoms with E-state index in [9.17, 15) is 0 Å². The van der Waals surface area contributed by atoms with Gasteiger partial charge >= 0.3 is 0 Å². The smallest absolute Gasteiger partial charge is 0.229 e. The largest absolute Gasteiger partial charge is 0.417 e. The number of hydrogen-bond acceptors (Lipinski definition) is 1. The lowest BCUT2D eigenvalue weighted by Gasteiger charge is -2.03. The molecule has 0 amide bonds. The standard InChI is InChI=1S/C18H38OSi/c1-3-5-6-7-8-9-10-11-12-13-14-15-16-17-18-19-20-4-2/h3-18H2,1-2H3. The monoisotopic (exact) mass is 298 g/mol. The zero-order valence-electron chi connectivity index (χ0n) is 14.2. The third kappa shape index (κ3) is 18.2. The van der Waals surface area contributed by atoms with Crippen molar-refractivity contribution in [3.63, 3.8) is 0 Å². The second kappa shape index (κ2) is 19.2. The minimum atomic E-state index is 0.726. The van der Waals surface area contributed by atoms with E-state index in [4.69, 9.17) is 4.43 Å². The summed E-state index contributed by atoms with van der Waals surface area (Å²) in [5.41, 5.74) is 0. The molecule has 0 aromatic heterocycles. The Morgan fingerprint density at radius 1 is 0.550 bits per heavy atom. The Bertz CT molecular complexity index is 143. The zero-order chi connectivity index (χ0) is 14.7. The summed E-state index contributed by atoms with van der Waals surface area (Å²) in [4.78, 5) is 0. The molecule has 2 radical (unpaired) electrons. The fourth-order valence-corrected chi connectivity index (χ4v) is 3.04. The Morgan fingerprint density at radius 3 is 1.35 bits per heavy atom. The van der Waals surface area contributed by atoms with Gasteiger partial charge in [0.2, 0.25) is 9.76 Å². The van der Waals surface area contributed by atoms with Crippen molar-refractivity contribution < 1.29 is 4.43 Å². The molecule has 0 unspecified atom stereocenters. The second-order valence-corrected chi connectivity index (χ2v) is 7.23. The molecular formula is C18H38OSi. The molecular weight excluding hydrogens is 260 g/mol. The first kappa shape index (κ1) is 20.2. The van der Waals surface area contributed by atoms with E-state index in [1.807, 2.05) is 0 Å². The highest BCUT2D eigenvalue weighted by atomic mass is 28.2. The van der Waals surface area contributed by atoms with Crippen molar-refractivity contribution in [2.45, 2.75) is 110 Å². The summed E-state index contributed by atoms with van der Waals surface area (Å²) in [7, 11) is 0.726. The van der Waals surface area contributed by atoms with Crippen molar-refractivity contribution in [3.8, 4) is 0 Å². The van der Waals surface area contributed by atoms with Crippen LogP contribution in [0.2, 0.25) is 6.04 Å². The zero-order valence-corrected chi connectivity index (χ0v) is 15.2. The number of hydrogen-bond donors (Lipinski definition) is 0. The van der Waals surface area contributed by atoms with Gasteiger partial charge in [0.05, 0.1) is 0 Å². The highest BCUT2D eigenvalue weighted by Crippen LogP contribution is 2.12. The quantitative estimate of drug-likeness (QED) is 0.219. The molecule has 0 heterocycles. The highest BCUT2D eigenvalue weighted by Gasteiger charge is 1.94. The fourth-order valence-electron chi connectivity index (χ4n) is 2.54. The summed E-state index contributed by atoms with van der Waals surface area (Å²) in [5.74, 6) is 0. The minimum Gasteiger partial charge on any atom is -0.417 e. The Hall–Kier alpha value is 0.177. The van der Waals surface area contributed by atoms with Crippen molar-refractivity contribution in [1.82, 2.24) is 0 Å². The molecule has 120 valence electrons. The summed E-state index contributed by atoms with van der Waals surface area (Å²) in [6.45, 7) is 5.46. The molecule has 0 fully saturated rings. The van der Waals surface area contributed by atoms with Crippen LogP contribution in [-0.2, 0) is 4.43 Å². The van der Waals surface area contributed by atoms with Gasteiger partial charge in [0.25, 0.3) is 0 Å². The van der Waals surface area contributed by atoms with Crippen LogP contribution in [0.5, 0.6) is 0 Å². The van der Waals surface area contributed by atoms with Crippen molar-refractivity contribution >= 4 is 9.76 Å². The maximum atomic E-state index is 5.52. The average Bonchev–Trinajstić information content (AvgIpc) is 2.47. The Kier molecular flexibility index (Phi) is 19.3. The van der Waals surface area contributed by atoms with Gasteiger partial charge in [0.15, 0.2) is 0 Å². The van der Waals surface area contributed by atoms with Gasteiger partial charge < -0.3 is 4.43 Å². The summed E-state index contributed by atoms with van der Waals surface area (Å²) in [6, 6.07) is 1.18. The lowest BCUT2D eigenvalue weighted by atomic mass is 10.0. The second-order valence-electron chi connectivity index (χ2n) is 5.94. The van der Waals surface area contributed by atoms with Crippen LogP contribution in [0.3, 0.4) is 0 Å². The van der Waals surface area contributed by atoms with Crippen LogP contribution in [0.4, 0.5) is 0 Å². The van der Waals surface area contributed by atoms with Gasteiger partial charge in [-0.1, -0.05) is 97.3 Å². The van der Waals surface area contributed by atoms with Crippen LogP contribution in [0.25, 0.3) is 0 Å². The van der Waals surface area contributed by atoms with Crippen LogP contribution in [0.1, 0.15) is 104 Å². The molecule has 0 aliphatic carbocycles. The molecule has 0 saturated heterocycles. The van der Waals surface area contributed by atoms with Crippen LogP contribution < -0.4 is 0 Å². The Labute approximate surface area is 131 Å². The molecule has 0 atom stereocenters. The first-order chi connectivity index (χ1) is 9.91. The van der Waals surface area contributed by atoms with E-state index in [0.717, 1.165) is 16.4 Å². The van der Waals surface area contributed by atoms with Crippen molar-refractivity contribution in [3.05, 3.63) is 0 Å². The summed E-state index contributed by atoms with van der Waals surface area (Å²) >= 11 is 0. The molecule has 0 aliphatic heterocycles. The van der Waals surface area contributed by atoms with Gasteiger partial charge in [-0.25, -0.2) is 0 Å². The van der Waals surface area contributed by atoms with E-state index in [1.165, 1.54) is 95.9 Å². The molecule has 2 heteroatoms. The van der Waals surface area contributed by atoms with Gasteiger partial charge in [-0.2, -0.15) is 0 Å². The third-order valence-electron chi connectivity index (χ3n) is 3.85.